The van der Waals surface area contributed by atoms with Crippen LogP contribution in [0, 0.1) is 6.92 Å². The number of sulfonamides is 1. The molecule has 0 aliphatic carbocycles. The molecule has 1 amide bonds. The lowest BCUT2D eigenvalue weighted by Crippen LogP contribution is -2.48. The van der Waals surface area contributed by atoms with Crippen LogP contribution in [0.3, 0.4) is 0 Å². The van der Waals surface area contributed by atoms with Crippen molar-refractivity contribution in [2.24, 2.45) is 0 Å². The molecule has 140 valence electrons. The quantitative estimate of drug-likeness (QED) is 0.753. The van der Waals surface area contributed by atoms with E-state index in [9.17, 15) is 13.2 Å². The van der Waals surface area contributed by atoms with E-state index in [4.69, 9.17) is 11.6 Å². The van der Waals surface area contributed by atoms with Crippen LogP contribution in [0.25, 0.3) is 0 Å². The number of carbonyl (C=O) groups excluding carboxylic acids is 1. The summed E-state index contributed by atoms with van der Waals surface area (Å²) in [5.41, 5.74) is 2.53. The minimum absolute atomic E-state index is 0.286. The Balaban J connectivity index is 2.23. The maximum Gasteiger partial charge on any atom is 0.246 e. The largest absolute Gasteiger partial charge is 0.340 e. The highest BCUT2D eigenvalue weighted by atomic mass is 35.5. The van der Waals surface area contributed by atoms with E-state index < -0.39 is 16.1 Å². The number of amides is 1. The van der Waals surface area contributed by atoms with Crippen LogP contribution in [0.15, 0.2) is 48.5 Å². The highest BCUT2D eigenvalue weighted by Gasteiger charge is 2.30. The molecule has 0 heterocycles. The third kappa shape index (κ3) is 4.99. The van der Waals surface area contributed by atoms with Gasteiger partial charge in [-0.05, 0) is 43.7 Å². The summed E-state index contributed by atoms with van der Waals surface area (Å²) in [6.45, 7) is 3.99. The molecule has 0 bridgehead atoms. The van der Waals surface area contributed by atoms with Crippen molar-refractivity contribution in [3.63, 3.8) is 0 Å². The number of nitrogens with zero attached hydrogens (tertiary/aromatic N) is 2. The monoisotopic (exact) mass is 394 g/mol. The van der Waals surface area contributed by atoms with Gasteiger partial charge in [0.15, 0.2) is 0 Å². The molecule has 0 aliphatic rings. The molecule has 0 unspecified atom stereocenters. The summed E-state index contributed by atoms with van der Waals surface area (Å²) < 4.78 is 25.7. The zero-order valence-corrected chi connectivity index (χ0v) is 16.9. The first-order chi connectivity index (χ1) is 12.1. The number of carbonyl (C=O) groups is 1. The van der Waals surface area contributed by atoms with Crippen molar-refractivity contribution in [2.75, 3.05) is 17.6 Å². The van der Waals surface area contributed by atoms with Crippen LogP contribution in [0.5, 0.6) is 0 Å². The standard InChI is InChI=1S/C19H23ClN2O3S/c1-14-5-7-16(8-6-14)13-21(3)19(23)15(2)22(26(4,24)25)18-11-9-17(20)10-12-18/h5-12,15H,13H2,1-4H3/t15-/m1/s1. The fourth-order valence-electron chi connectivity index (χ4n) is 2.75. The summed E-state index contributed by atoms with van der Waals surface area (Å²) in [6, 6.07) is 13.4. The van der Waals surface area contributed by atoms with Crippen LogP contribution in [0.4, 0.5) is 5.69 Å². The van der Waals surface area contributed by atoms with Crippen molar-refractivity contribution in [3.05, 3.63) is 64.7 Å². The molecule has 0 saturated carbocycles. The van der Waals surface area contributed by atoms with Crippen LogP contribution in [-0.2, 0) is 21.4 Å². The summed E-state index contributed by atoms with van der Waals surface area (Å²) >= 11 is 5.88. The number of halogens is 1. The van der Waals surface area contributed by atoms with E-state index in [0.717, 1.165) is 21.7 Å². The molecule has 0 fully saturated rings. The number of rotatable bonds is 6. The average molecular weight is 395 g/mol. The summed E-state index contributed by atoms with van der Waals surface area (Å²) in [4.78, 5) is 14.4. The molecule has 0 spiro atoms. The van der Waals surface area contributed by atoms with E-state index in [1.54, 1.807) is 38.2 Å². The molecule has 0 N–H and O–H groups in total. The van der Waals surface area contributed by atoms with E-state index >= 15 is 0 Å². The Labute approximate surface area is 160 Å². The zero-order valence-electron chi connectivity index (χ0n) is 15.3. The summed E-state index contributed by atoms with van der Waals surface area (Å²) in [5, 5.41) is 0.498. The summed E-state index contributed by atoms with van der Waals surface area (Å²) in [7, 11) is -1.98. The van der Waals surface area contributed by atoms with Gasteiger partial charge < -0.3 is 4.90 Å². The van der Waals surface area contributed by atoms with Gasteiger partial charge in [-0.3, -0.25) is 9.10 Å². The second-order valence-corrected chi connectivity index (χ2v) is 8.69. The molecule has 0 radical (unpaired) electrons. The predicted octanol–water partition coefficient (Wildman–Crippen LogP) is 3.46. The first-order valence-electron chi connectivity index (χ1n) is 8.15. The van der Waals surface area contributed by atoms with Crippen molar-refractivity contribution in [1.29, 1.82) is 0 Å². The summed E-state index contributed by atoms with van der Waals surface area (Å²) in [6.07, 6.45) is 1.09. The maximum atomic E-state index is 12.8. The van der Waals surface area contributed by atoms with Gasteiger partial charge in [0.25, 0.3) is 0 Å². The first kappa shape index (κ1) is 20.3. The molecule has 2 rings (SSSR count). The van der Waals surface area contributed by atoms with Crippen LogP contribution >= 0.6 is 11.6 Å². The SMILES string of the molecule is Cc1ccc(CN(C)C(=O)[C@@H](C)N(c2ccc(Cl)cc2)S(C)(=O)=O)cc1. The molecule has 1 atom stereocenters. The summed E-state index contributed by atoms with van der Waals surface area (Å²) in [5.74, 6) is -0.286. The Morgan fingerprint density at radius 3 is 2.12 bits per heavy atom. The predicted molar refractivity (Wildman–Crippen MR) is 106 cm³/mol. The minimum Gasteiger partial charge on any atom is -0.340 e. The zero-order chi connectivity index (χ0) is 19.5. The topological polar surface area (TPSA) is 57.7 Å². The highest BCUT2D eigenvalue weighted by molar-refractivity contribution is 7.92. The van der Waals surface area contributed by atoms with Crippen molar-refractivity contribution >= 4 is 33.2 Å². The van der Waals surface area contributed by atoms with Crippen molar-refractivity contribution < 1.29 is 13.2 Å². The van der Waals surface area contributed by atoms with Gasteiger partial charge in [-0.1, -0.05) is 41.4 Å². The van der Waals surface area contributed by atoms with Gasteiger partial charge in [-0.2, -0.15) is 0 Å². The second kappa shape index (κ2) is 8.10. The third-order valence-corrected chi connectivity index (χ3v) is 5.56. The molecule has 26 heavy (non-hydrogen) atoms. The van der Waals surface area contributed by atoms with Crippen molar-refractivity contribution in [1.82, 2.24) is 4.90 Å². The molecule has 0 saturated heterocycles. The fourth-order valence-corrected chi connectivity index (χ4v) is 4.05. The van der Waals surface area contributed by atoms with E-state index in [1.807, 2.05) is 31.2 Å². The third-order valence-electron chi connectivity index (χ3n) is 4.06. The Morgan fingerprint density at radius 1 is 1.08 bits per heavy atom. The van der Waals surface area contributed by atoms with E-state index in [0.29, 0.717) is 17.3 Å². The van der Waals surface area contributed by atoms with Gasteiger partial charge in [-0.15, -0.1) is 0 Å². The lowest BCUT2D eigenvalue weighted by Gasteiger charge is -2.31. The number of anilines is 1. The Hall–Kier alpha value is -2.05. The molecular formula is C19H23ClN2O3S. The fraction of sp³-hybridized carbons (Fsp3) is 0.316. The molecular weight excluding hydrogens is 372 g/mol. The molecule has 0 aromatic heterocycles. The number of hydrogen-bond donors (Lipinski definition) is 0. The lowest BCUT2D eigenvalue weighted by molar-refractivity contribution is -0.131. The van der Waals surface area contributed by atoms with Gasteiger partial charge >= 0.3 is 0 Å². The van der Waals surface area contributed by atoms with Gasteiger partial charge in [0, 0.05) is 18.6 Å². The van der Waals surface area contributed by atoms with Crippen molar-refractivity contribution in [3.8, 4) is 0 Å². The molecule has 5 nitrogen and oxygen atoms in total. The number of likely N-dealkylation sites (N-methyl/N-ethyl adjacent to an activating group) is 1. The Morgan fingerprint density at radius 2 is 1.62 bits per heavy atom. The minimum atomic E-state index is -3.64. The van der Waals surface area contributed by atoms with Crippen LogP contribution in [0.1, 0.15) is 18.1 Å². The van der Waals surface area contributed by atoms with Gasteiger partial charge in [0.2, 0.25) is 15.9 Å². The number of benzene rings is 2. The highest BCUT2D eigenvalue weighted by Crippen LogP contribution is 2.24. The first-order valence-corrected chi connectivity index (χ1v) is 10.4. The van der Waals surface area contributed by atoms with Gasteiger partial charge in [-0.25, -0.2) is 8.42 Å². The number of hydrogen-bond acceptors (Lipinski definition) is 3. The average Bonchev–Trinajstić information content (AvgIpc) is 2.57. The molecule has 2 aromatic carbocycles. The number of aryl methyl sites for hydroxylation is 1. The molecule has 2 aromatic rings. The van der Waals surface area contributed by atoms with Gasteiger partial charge in [0.1, 0.15) is 6.04 Å². The van der Waals surface area contributed by atoms with Crippen LogP contribution < -0.4 is 4.31 Å². The van der Waals surface area contributed by atoms with E-state index in [-0.39, 0.29) is 5.91 Å². The van der Waals surface area contributed by atoms with Crippen molar-refractivity contribution in [2.45, 2.75) is 26.4 Å². The van der Waals surface area contributed by atoms with E-state index in [2.05, 4.69) is 0 Å². The Kier molecular flexibility index (Phi) is 6.31. The normalized spacial score (nSPS) is 12.5. The smallest absolute Gasteiger partial charge is 0.246 e. The van der Waals surface area contributed by atoms with E-state index in [1.165, 1.54) is 4.90 Å². The maximum absolute atomic E-state index is 12.8. The lowest BCUT2D eigenvalue weighted by atomic mass is 10.1. The molecule has 0 aliphatic heterocycles. The van der Waals surface area contributed by atoms with Crippen LogP contribution in [0.2, 0.25) is 5.02 Å². The Bertz CT molecular complexity index is 865. The molecule has 7 heteroatoms. The second-order valence-electron chi connectivity index (χ2n) is 6.39. The van der Waals surface area contributed by atoms with Crippen LogP contribution in [-0.4, -0.2) is 38.6 Å². The van der Waals surface area contributed by atoms with Gasteiger partial charge in [0.05, 0.1) is 11.9 Å².